The molecule has 0 bridgehead atoms. The van der Waals surface area contributed by atoms with Gasteiger partial charge in [0, 0.05) is 46.6 Å². The highest BCUT2D eigenvalue weighted by Gasteiger charge is 2.39. The Balaban J connectivity index is 1.89. The third kappa shape index (κ3) is 4.53. The summed E-state index contributed by atoms with van der Waals surface area (Å²) in [5.74, 6) is 0.850. The van der Waals surface area contributed by atoms with Crippen LogP contribution in [0.3, 0.4) is 0 Å². The van der Waals surface area contributed by atoms with E-state index in [9.17, 15) is 9.35 Å². The van der Waals surface area contributed by atoms with Gasteiger partial charge >= 0.3 is 0 Å². The van der Waals surface area contributed by atoms with Gasteiger partial charge in [0.25, 0.3) is 5.56 Å². The Morgan fingerprint density at radius 2 is 1.97 bits per heavy atom. The van der Waals surface area contributed by atoms with Crippen molar-refractivity contribution in [1.82, 2.24) is 14.3 Å². The maximum absolute atomic E-state index is 13.7. The van der Waals surface area contributed by atoms with Crippen LogP contribution in [-0.4, -0.2) is 32.1 Å². The lowest BCUT2D eigenvalue weighted by atomic mass is 9.81. The molecule has 170 valence electrons. The number of ether oxygens (including phenoxy) is 1. The van der Waals surface area contributed by atoms with Gasteiger partial charge in [0.2, 0.25) is 0 Å². The smallest absolute Gasteiger partial charge is 0.261 e. The molecule has 2 aliphatic rings. The average molecular weight is 466 g/mol. The lowest BCUT2D eigenvalue weighted by Crippen LogP contribution is -2.41. The minimum absolute atomic E-state index is 0.0249. The van der Waals surface area contributed by atoms with E-state index in [2.05, 4.69) is 11.6 Å². The fourth-order valence-corrected chi connectivity index (χ4v) is 5.20. The van der Waals surface area contributed by atoms with E-state index in [1.54, 1.807) is 6.07 Å². The summed E-state index contributed by atoms with van der Waals surface area (Å²) in [5, 5.41) is 1.02. The van der Waals surface area contributed by atoms with Crippen LogP contribution in [0.4, 0.5) is 0 Å². The molecule has 4 rings (SSSR count). The fourth-order valence-electron chi connectivity index (χ4n) is 4.17. The highest BCUT2D eigenvalue weighted by atomic mass is 35.5. The molecule has 1 aliphatic heterocycles. The summed E-state index contributed by atoms with van der Waals surface area (Å²) in [6, 6.07) is 3.49. The number of halogens is 1. The van der Waals surface area contributed by atoms with E-state index in [-0.39, 0.29) is 23.1 Å². The maximum Gasteiger partial charge on any atom is 0.261 e. The van der Waals surface area contributed by atoms with Crippen molar-refractivity contribution >= 4 is 33.9 Å². The van der Waals surface area contributed by atoms with Crippen LogP contribution in [0, 0.1) is 0 Å². The molecule has 1 aliphatic carbocycles. The lowest BCUT2D eigenvalue weighted by molar-refractivity contribution is 0.0519. The van der Waals surface area contributed by atoms with Crippen LogP contribution in [-0.2, 0) is 21.5 Å². The first-order valence-electron chi connectivity index (χ1n) is 11.0. The molecule has 0 spiro atoms. The van der Waals surface area contributed by atoms with Gasteiger partial charge in [-0.3, -0.25) is 9.36 Å². The molecule has 31 heavy (non-hydrogen) atoms. The summed E-state index contributed by atoms with van der Waals surface area (Å²) >= 11 is 5.17. The fraction of sp³-hybridized carbons (Fsp3) is 0.652. The van der Waals surface area contributed by atoms with Crippen LogP contribution in [0.25, 0.3) is 10.9 Å². The highest BCUT2D eigenvalue weighted by Crippen LogP contribution is 2.41. The van der Waals surface area contributed by atoms with E-state index in [0.29, 0.717) is 29.1 Å². The lowest BCUT2D eigenvalue weighted by Gasteiger charge is -2.35. The first-order chi connectivity index (χ1) is 14.5. The van der Waals surface area contributed by atoms with Crippen LogP contribution < -0.4 is 10.3 Å². The standard InChI is InChI=1S/C23H32ClN3O3S/c1-14(26-31(29)22(2,3)4)17-12-15(24)13-18-19(17)25-21(23(5)8-10-30-11-9-23)27(20(18)28)16-6-7-16/h12-14,16,26H,6-11H2,1-5H3/t14-,31?/m1/s1. The first-order valence-corrected chi connectivity index (χ1v) is 12.6. The van der Waals surface area contributed by atoms with Crippen molar-refractivity contribution in [2.45, 2.75) is 82.5 Å². The van der Waals surface area contributed by atoms with Gasteiger partial charge in [-0.25, -0.2) is 4.98 Å². The normalized spacial score (nSPS) is 21.3. The van der Waals surface area contributed by atoms with Crippen molar-refractivity contribution in [2.75, 3.05) is 13.2 Å². The van der Waals surface area contributed by atoms with Crippen LogP contribution in [0.2, 0.25) is 5.02 Å². The molecular weight excluding hydrogens is 434 g/mol. The van der Waals surface area contributed by atoms with Gasteiger partial charge in [0.15, 0.2) is 0 Å². The molecule has 1 aromatic carbocycles. The quantitative estimate of drug-likeness (QED) is 0.654. The zero-order valence-corrected chi connectivity index (χ0v) is 20.5. The number of benzene rings is 1. The van der Waals surface area contributed by atoms with Crippen LogP contribution in [0.1, 0.15) is 83.8 Å². The van der Waals surface area contributed by atoms with E-state index in [1.807, 2.05) is 38.3 Å². The summed E-state index contributed by atoms with van der Waals surface area (Å²) in [5.41, 5.74) is 1.22. The van der Waals surface area contributed by atoms with Crippen LogP contribution in [0.5, 0.6) is 0 Å². The van der Waals surface area contributed by atoms with Gasteiger partial charge in [-0.05, 0) is 65.5 Å². The van der Waals surface area contributed by atoms with E-state index < -0.39 is 16.1 Å². The van der Waals surface area contributed by atoms with E-state index >= 15 is 0 Å². The molecule has 8 heteroatoms. The number of fused-ring (bicyclic) bond motifs is 1. The topological polar surface area (TPSA) is 79.2 Å². The number of nitrogens with one attached hydrogen (secondary N) is 1. The average Bonchev–Trinajstić information content (AvgIpc) is 3.52. The predicted octanol–water partition coefficient (Wildman–Crippen LogP) is 4.57. The Labute approximate surface area is 192 Å². The van der Waals surface area contributed by atoms with Gasteiger partial charge in [0.05, 0.1) is 16.9 Å². The second-order valence-electron chi connectivity index (χ2n) is 10.1. The zero-order valence-electron chi connectivity index (χ0n) is 19.0. The van der Waals surface area contributed by atoms with Crippen molar-refractivity contribution in [3.63, 3.8) is 0 Å². The Morgan fingerprint density at radius 3 is 2.55 bits per heavy atom. The van der Waals surface area contributed by atoms with Crippen LogP contribution >= 0.6 is 11.6 Å². The summed E-state index contributed by atoms with van der Waals surface area (Å²) in [4.78, 5) is 18.8. The summed E-state index contributed by atoms with van der Waals surface area (Å²) in [7, 11) is 0. The van der Waals surface area contributed by atoms with Crippen molar-refractivity contribution < 1.29 is 9.29 Å². The largest absolute Gasteiger partial charge is 0.598 e. The maximum atomic E-state index is 13.7. The molecule has 1 unspecified atom stereocenters. The Bertz CT molecular complexity index is 1040. The van der Waals surface area contributed by atoms with E-state index in [4.69, 9.17) is 21.3 Å². The molecule has 2 aromatic rings. The van der Waals surface area contributed by atoms with Crippen molar-refractivity contribution in [2.24, 2.45) is 0 Å². The number of hydrogen-bond donors (Lipinski definition) is 1. The van der Waals surface area contributed by atoms with Crippen molar-refractivity contribution in [1.29, 1.82) is 0 Å². The highest BCUT2D eigenvalue weighted by molar-refractivity contribution is 7.90. The molecule has 2 atom stereocenters. The molecule has 2 heterocycles. The molecule has 2 fully saturated rings. The van der Waals surface area contributed by atoms with Gasteiger partial charge in [-0.1, -0.05) is 18.5 Å². The monoisotopic (exact) mass is 465 g/mol. The predicted molar refractivity (Wildman–Crippen MR) is 126 cm³/mol. The first kappa shape index (κ1) is 23.1. The van der Waals surface area contributed by atoms with E-state index in [0.717, 1.165) is 37.1 Å². The number of hydrogen-bond acceptors (Lipinski definition) is 5. The zero-order chi connectivity index (χ0) is 22.6. The van der Waals surface area contributed by atoms with Gasteiger partial charge in [0.1, 0.15) is 10.6 Å². The molecule has 1 saturated carbocycles. The Morgan fingerprint density at radius 1 is 1.32 bits per heavy atom. The van der Waals surface area contributed by atoms with Crippen LogP contribution in [0.15, 0.2) is 16.9 Å². The third-order valence-electron chi connectivity index (χ3n) is 6.35. The van der Waals surface area contributed by atoms with Gasteiger partial charge in [-0.2, -0.15) is 0 Å². The molecule has 1 N–H and O–H groups in total. The molecule has 1 saturated heterocycles. The molecule has 6 nitrogen and oxygen atoms in total. The molecule has 0 amide bonds. The van der Waals surface area contributed by atoms with Crippen molar-refractivity contribution in [3.8, 4) is 0 Å². The molecule has 0 radical (unpaired) electrons. The number of nitrogens with zero attached hydrogens (tertiary/aromatic N) is 2. The minimum Gasteiger partial charge on any atom is -0.598 e. The Kier molecular flexibility index (Phi) is 6.20. The minimum atomic E-state index is -1.26. The summed E-state index contributed by atoms with van der Waals surface area (Å²) in [6.45, 7) is 11.3. The third-order valence-corrected chi connectivity index (χ3v) is 8.25. The second kappa shape index (κ2) is 8.34. The molecular formula is C23H32ClN3O3S. The summed E-state index contributed by atoms with van der Waals surface area (Å²) in [6.07, 6.45) is 3.68. The SMILES string of the molecule is C[C@@H](N[S+]([O-])C(C)(C)C)c1cc(Cl)cc2c(=O)n(C3CC3)c(C3(C)CCOCC3)nc12. The second-order valence-corrected chi connectivity index (χ2v) is 12.6. The van der Waals surface area contributed by atoms with Crippen molar-refractivity contribution in [3.05, 3.63) is 38.9 Å². The summed E-state index contributed by atoms with van der Waals surface area (Å²) < 4.78 is 23.0. The number of aromatic nitrogens is 2. The Hall–Kier alpha value is -1.12. The van der Waals surface area contributed by atoms with Gasteiger partial charge < -0.3 is 9.29 Å². The molecule has 1 aromatic heterocycles. The number of rotatable bonds is 5. The van der Waals surface area contributed by atoms with Gasteiger partial charge in [-0.15, -0.1) is 4.72 Å². The van der Waals surface area contributed by atoms with E-state index in [1.165, 1.54) is 0 Å².